The number of carbonyl (C=O) groups is 1. The minimum atomic E-state index is -0.613. The van der Waals surface area contributed by atoms with Crippen LogP contribution in [0, 0.1) is 5.82 Å². The zero-order valence-electron chi connectivity index (χ0n) is 18.9. The Morgan fingerprint density at radius 3 is 2.44 bits per heavy atom. The summed E-state index contributed by atoms with van der Waals surface area (Å²) in [6.07, 6.45) is 2.85. The molecule has 0 radical (unpaired) electrons. The van der Waals surface area contributed by atoms with Crippen molar-refractivity contribution in [2.45, 2.75) is 0 Å². The monoisotopic (exact) mass is 481 g/mol. The van der Waals surface area contributed by atoms with E-state index >= 15 is 0 Å². The standard InChI is InChI=1S/C27H20FN5O3/c1-2-25(34)29-19-12-15-22(28)24(17-19)36-26-23-9-6-16-33(23)32-27(31-26)30-18-10-13-21(14-11-18)35-20-7-4-3-5-8-20/h2-17H,1H2,(H,29,34)(H,30,32). The van der Waals surface area contributed by atoms with E-state index in [1.54, 1.807) is 22.8 Å². The van der Waals surface area contributed by atoms with Gasteiger partial charge >= 0.3 is 0 Å². The molecule has 0 atom stereocenters. The molecule has 0 aliphatic carbocycles. The highest BCUT2D eigenvalue weighted by Gasteiger charge is 2.14. The quantitative estimate of drug-likeness (QED) is 0.252. The summed E-state index contributed by atoms with van der Waals surface area (Å²) >= 11 is 0. The predicted molar refractivity (Wildman–Crippen MR) is 135 cm³/mol. The molecule has 178 valence electrons. The number of ether oxygens (including phenoxy) is 2. The zero-order chi connectivity index (χ0) is 24.9. The number of halogens is 1. The molecule has 0 spiro atoms. The number of benzene rings is 3. The van der Waals surface area contributed by atoms with Crippen molar-refractivity contribution in [3.05, 3.63) is 110 Å². The lowest BCUT2D eigenvalue weighted by Gasteiger charge is -2.12. The largest absolute Gasteiger partial charge is 0.457 e. The highest BCUT2D eigenvalue weighted by Crippen LogP contribution is 2.30. The molecule has 5 aromatic rings. The normalized spacial score (nSPS) is 10.6. The van der Waals surface area contributed by atoms with Gasteiger partial charge in [0, 0.05) is 23.6 Å². The summed E-state index contributed by atoms with van der Waals surface area (Å²) in [4.78, 5) is 16.0. The molecule has 0 saturated heterocycles. The molecule has 0 fully saturated rings. The van der Waals surface area contributed by atoms with Crippen LogP contribution in [0.1, 0.15) is 0 Å². The van der Waals surface area contributed by atoms with Gasteiger partial charge in [0.2, 0.25) is 17.7 Å². The van der Waals surface area contributed by atoms with E-state index in [1.165, 1.54) is 18.2 Å². The number of nitrogens with zero attached hydrogens (tertiary/aromatic N) is 3. The lowest BCUT2D eigenvalue weighted by Crippen LogP contribution is -2.08. The van der Waals surface area contributed by atoms with Crippen LogP contribution < -0.4 is 20.1 Å². The van der Waals surface area contributed by atoms with Crippen LogP contribution in [0.3, 0.4) is 0 Å². The Labute approximate surface area is 205 Å². The number of para-hydroxylation sites is 1. The fourth-order valence-corrected chi connectivity index (χ4v) is 3.35. The minimum Gasteiger partial charge on any atom is -0.457 e. The number of aromatic nitrogens is 3. The molecule has 2 N–H and O–H groups in total. The topological polar surface area (TPSA) is 89.8 Å². The van der Waals surface area contributed by atoms with Crippen LogP contribution in [0.15, 0.2) is 104 Å². The highest BCUT2D eigenvalue weighted by atomic mass is 19.1. The molecule has 0 bridgehead atoms. The van der Waals surface area contributed by atoms with Crippen LogP contribution in [0.2, 0.25) is 0 Å². The summed E-state index contributed by atoms with van der Waals surface area (Å²) in [7, 11) is 0. The van der Waals surface area contributed by atoms with Crippen LogP contribution in [0.5, 0.6) is 23.1 Å². The van der Waals surface area contributed by atoms with Gasteiger partial charge in [0.1, 0.15) is 17.0 Å². The molecule has 5 rings (SSSR count). The van der Waals surface area contributed by atoms with E-state index < -0.39 is 11.7 Å². The van der Waals surface area contributed by atoms with Gasteiger partial charge in [-0.05, 0) is 66.7 Å². The summed E-state index contributed by atoms with van der Waals surface area (Å²) in [5.41, 5.74) is 1.60. The van der Waals surface area contributed by atoms with Crippen molar-refractivity contribution < 1.29 is 18.7 Å². The van der Waals surface area contributed by atoms with E-state index in [1.807, 2.05) is 54.6 Å². The molecule has 1 amide bonds. The number of anilines is 3. The van der Waals surface area contributed by atoms with Gasteiger partial charge in [0.05, 0.1) is 0 Å². The number of carbonyl (C=O) groups excluding carboxylic acids is 1. The predicted octanol–water partition coefficient (Wildman–Crippen LogP) is 6.32. The number of amides is 1. The first-order valence-corrected chi connectivity index (χ1v) is 10.9. The van der Waals surface area contributed by atoms with Crippen molar-refractivity contribution in [3.63, 3.8) is 0 Å². The van der Waals surface area contributed by atoms with Crippen molar-refractivity contribution >= 4 is 28.7 Å². The van der Waals surface area contributed by atoms with Crippen molar-refractivity contribution in [1.82, 2.24) is 14.6 Å². The molecule has 0 unspecified atom stereocenters. The number of rotatable bonds is 8. The number of hydrogen-bond acceptors (Lipinski definition) is 6. The fraction of sp³-hybridized carbons (Fsp3) is 0. The molecule has 0 aliphatic heterocycles. The van der Waals surface area contributed by atoms with Crippen LogP contribution >= 0.6 is 0 Å². The van der Waals surface area contributed by atoms with Crippen LogP contribution in [-0.4, -0.2) is 20.5 Å². The lowest BCUT2D eigenvalue weighted by atomic mass is 10.3. The molecule has 9 heteroatoms. The van der Waals surface area contributed by atoms with Gasteiger partial charge in [-0.25, -0.2) is 8.91 Å². The fourth-order valence-electron chi connectivity index (χ4n) is 3.35. The smallest absolute Gasteiger partial charge is 0.248 e. The Morgan fingerprint density at radius 2 is 1.67 bits per heavy atom. The summed E-state index contributed by atoms with van der Waals surface area (Å²) in [5.74, 6) is 0.647. The third kappa shape index (κ3) is 5.15. The van der Waals surface area contributed by atoms with Crippen molar-refractivity contribution in [2.75, 3.05) is 10.6 Å². The molecule has 36 heavy (non-hydrogen) atoms. The number of hydrogen-bond donors (Lipinski definition) is 2. The van der Waals surface area contributed by atoms with Crippen LogP contribution in [-0.2, 0) is 4.79 Å². The number of fused-ring (bicyclic) bond motifs is 1. The summed E-state index contributed by atoms with van der Waals surface area (Å²) in [5, 5.41) is 10.1. The van der Waals surface area contributed by atoms with Gasteiger partial charge in [0.15, 0.2) is 11.6 Å². The third-order valence-corrected chi connectivity index (χ3v) is 5.04. The molecular weight excluding hydrogens is 461 g/mol. The maximum atomic E-state index is 14.5. The van der Waals surface area contributed by atoms with E-state index in [0.29, 0.717) is 22.6 Å². The molecular formula is C27H20FN5O3. The van der Waals surface area contributed by atoms with E-state index in [2.05, 4.69) is 27.3 Å². The van der Waals surface area contributed by atoms with E-state index in [9.17, 15) is 9.18 Å². The van der Waals surface area contributed by atoms with Gasteiger partial charge in [-0.3, -0.25) is 4.79 Å². The van der Waals surface area contributed by atoms with E-state index in [-0.39, 0.29) is 17.6 Å². The molecule has 0 saturated carbocycles. The van der Waals surface area contributed by atoms with E-state index in [0.717, 1.165) is 11.8 Å². The van der Waals surface area contributed by atoms with Gasteiger partial charge in [-0.15, -0.1) is 5.10 Å². The van der Waals surface area contributed by atoms with Crippen molar-refractivity contribution in [1.29, 1.82) is 0 Å². The summed E-state index contributed by atoms with van der Waals surface area (Å²) < 4.78 is 27.7. The average Bonchev–Trinajstić information content (AvgIpc) is 3.37. The first kappa shape index (κ1) is 22.6. The highest BCUT2D eigenvalue weighted by molar-refractivity contribution is 5.98. The molecule has 8 nitrogen and oxygen atoms in total. The van der Waals surface area contributed by atoms with Crippen LogP contribution in [0.25, 0.3) is 5.52 Å². The average molecular weight is 481 g/mol. The molecule has 3 aromatic carbocycles. The van der Waals surface area contributed by atoms with Crippen molar-refractivity contribution in [2.24, 2.45) is 0 Å². The van der Waals surface area contributed by atoms with Gasteiger partial charge < -0.3 is 20.1 Å². The van der Waals surface area contributed by atoms with Crippen molar-refractivity contribution in [3.8, 4) is 23.1 Å². The minimum absolute atomic E-state index is 0.105. The Morgan fingerprint density at radius 1 is 0.917 bits per heavy atom. The van der Waals surface area contributed by atoms with Crippen LogP contribution in [0.4, 0.5) is 21.7 Å². The first-order valence-electron chi connectivity index (χ1n) is 10.9. The van der Waals surface area contributed by atoms with Gasteiger partial charge in [0.25, 0.3) is 0 Å². The SMILES string of the molecule is C=CC(=O)Nc1ccc(F)c(Oc2nc(Nc3ccc(Oc4ccccc4)cc3)nn3cccc23)c1. The lowest BCUT2D eigenvalue weighted by molar-refractivity contribution is -0.111. The van der Waals surface area contributed by atoms with Gasteiger partial charge in [-0.1, -0.05) is 24.8 Å². The zero-order valence-corrected chi connectivity index (χ0v) is 18.9. The maximum Gasteiger partial charge on any atom is 0.248 e. The molecule has 2 heterocycles. The maximum absolute atomic E-state index is 14.5. The Bertz CT molecular complexity index is 1530. The Kier molecular flexibility index (Phi) is 6.27. The third-order valence-electron chi connectivity index (χ3n) is 5.04. The van der Waals surface area contributed by atoms with E-state index in [4.69, 9.17) is 9.47 Å². The van der Waals surface area contributed by atoms with Gasteiger partial charge in [-0.2, -0.15) is 4.98 Å². The molecule has 0 aliphatic rings. The summed E-state index contributed by atoms with van der Waals surface area (Å²) in [6.45, 7) is 3.41. The Balaban J connectivity index is 1.38. The second kappa shape index (κ2) is 9.98. The Hall–Kier alpha value is -5.18. The first-order chi connectivity index (χ1) is 17.6. The second-order valence-electron chi connectivity index (χ2n) is 7.58. The second-order valence-corrected chi connectivity index (χ2v) is 7.58. The molecule has 2 aromatic heterocycles. The summed E-state index contributed by atoms with van der Waals surface area (Å²) in [6, 6.07) is 24.3. The number of nitrogens with one attached hydrogen (secondary N) is 2.